The Labute approximate surface area is 163 Å². The van der Waals surface area contributed by atoms with Crippen molar-refractivity contribution in [1.29, 1.82) is 5.26 Å². The molecule has 1 aromatic heterocycles. The second-order valence-corrected chi connectivity index (χ2v) is 6.55. The number of hydrogen-bond acceptors (Lipinski definition) is 5. The summed E-state index contributed by atoms with van der Waals surface area (Å²) < 4.78 is 0. The Hall–Kier alpha value is -3.04. The van der Waals surface area contributed by atoms with E-state index in [1.165, 1.54) is 0 Å². The van der Waals surface area contributed by atoms with E-state index in [2.05, 4.69) is 15.2 Å². The molecule has 0 radical (unpaired) electrons. The van der Waals surface area contributed by atoms with Gasteiger partial charge in [0.25, 0.3) is 5.91 Å². The molecule has 2 heterocycles. The Morgan fingerprint density at radius 2 is 1.93 bits per heavy atom. The molecule has 0 atom stereocenters. The lowest BCUT2D eigenvalue weighted by Gasteiger charge is -2.34. The van der Waals surface area contributed by atoms with E-state index in [0.29, 0.717) is 5.02 Å². The molecule has 1 aliphatic rings. The molecule has 0 bridgehead atoms. The van der Waals surface area contributed by atoms with Crippen molar-refractivity contribution in [2.75, 3.05) is 31.1 Å². The molecule has 0 saturated carbocycles. The monoisotopic (exact) mass is 381 g/mol. The number of nitriles is 1. The van der Waals surface area contributed by atoms with Crippen molar-refractivity contribution in [3.8, 4) is 6.07 Å². The van der Waals surface area contributed by atoms with Crippen LogP contribution >= 0.6 is 11.6 Å². The van der Waals surface area contributed by atoms with Crippen molar-refractivity contribution in [2.24, 2.45) is 0 Å². The van der Waals surface area contributed by atoms with Crippen molar-refractivity contribution in [1.82, 2.24) is 15.2 Å². The van der Waals surface area contributed by atoms with Gasteiger partial charge in [0, 0.05) is 50.1 Å². The number of hydrogen-bond donors (Lipinski definition) is 1. The Kier molecular flexibility index (Phi) is 6.29. The smallest absolute Gasteiger partial charge is 0.263 e. The van der Waals surface area contributed by atoms with Crippen molar-refractivity contribution in [3.63, 3.8) is 0 Å². The fraction of sp³-hybridized carbons (Fsp3) is 0.250. The van der Waals surface area contributed by atoms with Gasteiger partial charge in [-0.2, -0.15) is 5.26 Å². The van der Waals surface area contributed by atoms with Crippen molar-refractivity contribution in [3.05, 3.63) is 71.0 Å². The summed E-state index contributed by atoms with van der Waals surface area (Å²) in [6.07, 6.45) is 3.41. The number of aromatic nitrogens is 1. The van der Waals surface area contributed by atoms with Gasteiger partial charge in [-0.05, 0) is 23.8 Å². The quantitative estimate of drug-likeness (QED) is 0.636. The summed E-state index contributed by atoms with van der Waals surface area (Å²) in [6, 6.07) is 15.1. The zero-order chi connectivity index (χ0) is 19.1. The van der Waals surface area contributed by atoms with Gasteiger partial charge < -0.3 is 15.1 Å². The predicted octanol–water partition coefficient (Wildman–Crippen LogP) is 2.58. The Bertz CT molecular complexity index is 854. The van der Waals surface area contributed by atoms with E-state index in [0.717, 1.165) is 37.6 Å². The van der Waals surface area contributed by atoms with E-state index in [-0.39, 0.29) is 12.1 Å². The minimum absolute atomic E-state index is 0.0911. The highest BCUT2D eigenvalue weighted by molar-refractivity contribution is 6.31. The van der Waals surface area contributed by atoms with Gasteiger partial charge in [0.2, 0.25) is 0 Å². The molecule has 3 rings (SSSR count). The number of amides is 1. The first kappa shape index (κ1) is 18.7. The van der Waals surface area contributed by atoms with Gasteiger partial charge in [-0.25, -0.2) is 4.98 Å². The second kappa shape index (κ2) is 9.06. The first-order valence-corrected chi connectivity index (χ1v) is 9.09. The zero-order valence-electron chi connectivity index (χ0n) is 14.8. The molecule has 27 heavy (non-hydrogen) atoms. The Balaban J connectivity index is 1.56. The third kappa shape index (κ3) is 4.99. The molecule has 0 unspecified atom stereocenters. The fourth-order valence-electron chi connectivity index (χ4n) is 2.85. The van der Waals surface area contributed by atoms with Crippen LogP contribution < -0.4 is 10.2 Å². The molecule has 138 valence electrons. The lowest BCUT2D eigenvalue weighted by molar-refractivity contribution is -0.117. The van der Waals surface area contributed by atoms with Crippen LogP contribution in [0.4, 0.5) is 5.82 Å². The molecule has 1 aliphatic heterocycles. The zero-order valence-corrected chi connectivity index (χ0v) is 15.6. The fourth-order valence-corrected chi connectivity index (χ4v) is 3.06. The molecule has 2 aromatic rings. The SMILES string of the molecule is N#C/C(=C/N1CCN(c2ccccn2)CC1)C(=O)NCc1ccccc1Cl. The number of halogens is 1. The molecule has 6 nitrogen and oxygen atoms in total. The van der Waals surface area contributed by atoms with Gasteiger partial charge in [-0.15, -0.1) is 0 Å². The maximum absolute atomic E-state index is 12.3. The molecule has 0 aliphatic carbocycles. The van der Waals surface area contributed by atoms with Crippen LogP contribution in [0, 0.1) is 11.3 Å². The minimum Gasteiger partial charge on any atom is -0.373 e. The van der Waals surface area contributed by atoms with Gasteiger partial charge >= 0.3 is 0 Å². The summed E-state index contributed by atoms with van der Waals surface area (Å²) >= 11 is 6.09. The van der Waals surface area contributed by atoms with E-state index in [9.17, 15) is 10.1 Å². The number of nitrogens with one attached hydrogen (secondary N) is 1. The number of carbonyl (C=O) groups excluding carboxylic acids is 1. The second-order valence-electron chi connectivity index (χ2n) is 6.14. The molecular weight excluding hydrogens is 362 g/mol. The molecule has 1 amide bonds. The topological polar surface area (TPSA) is 72.3 Å². The molecule has 1 fully saturated rings. The molecule has 7 heteroatoms. The summed E-state index contributed by atoms with van der Waals surface area (Å²) in [5, 5.41) is 12.7. The van der Waals surface area contributed by atoms with Gasteiger partial charge in [-0.1, -0.05) is 35.9 Å². The Morgan fingerprint density at radius 1 is 1.19 bits per heavy atom. The molecule has 0 spiro atoms. The first-order valence-electron chi connectivity index (χ1n) is 8.71. The average molecular weight is 382 g/mol. The van der Waals surface area contributed by atoms with E-state index in [1.807, 2.05) is 47.4 Å². The third-order valence-corrected chi connectivity index (χ3v) is 4.73. The first-order chi connectivity index (χ1) is 13.2. The van der Waals surface area contributed by atoms with Gasteiger partial charge in [0.15, 0.2) is 0 Å². The van der Waals surface area contributed by atoms with Crippen LogP contribution in [0.2, 0.25) is 5.02 Å². The third-order valence-electron chi connectivity index (χ3n) is 4.36. The van der Waals surface area contributed by atoms with Crippen LogP contribution in [0.1, 0.15) is 5.56 Å². The number of piperazine rings is 1. The number of pyridine rings is 1. The summed E-state index contributed by atoms with van der Waals surface area (Å²) in [6.45, 7) is 3.30. The lowest BCUT2D eigenvalue weighted by Crippen LogP contribution is -2.44. The van der Waals surface area contributed by atoms with Crippen LogP contribution in [0.25, 0.3) is 0 Å². The van der Waals surface area contributed by atoms with E-state index in [1.54, 1.807) is 18.5 Å². The highest BCUT2D eigenvalue weighted by Gasteiger charge is 2.18. The number of anilines is 1. The Morgan fingerprint density at radius 3 is 2.59 bits per heavy atom. The van der Waals surface area contributed by atoms with E-state index < -0.39 is 5.91 Å². The maximum Gasteiger partial charge on any atom is 0.263 e. The highest BCUT2D eigenvalue weighted by Crippen LogP contribution is 2.15. The van der Waals surface area contributed by atoms with E-state index >= 15 is 0 Å². The minimum atomic E-state index is -0.399. The summed E-state index contributed by atoms with van der Waals surface area (Å²) in [5.74, 6) is 0.545. The van der Waals surface area contributed by atoms with E-state index in [4.69, 9.17) is 11.6 Å². The van der Waals surface area contributed by atoms with Gasteiger partial charge in [-0.3, -0.25) is 4.79 Å². The van der Waals surface area contributed by atoms with Gasteiger partial charge in [0.05, 0.1) is 0 Å². The number of benzene rings is 1. The summed E-state index contributed by atoms with van der Waals surface area (Å²) in [5.41, 5.74) is 0.905. The average Bonchev–Trinajstić information content (AvgIpc) is 2.72. The molecular formula is C20H20ClN5O. The highest BCUT2D eigenvalue weighted by atomic mass is 35.5. The van der Waals surface area contributed by atoms with Crippen LogP contribution in [-0.4, -0.2) is 42.0 Å². The normalized spacial score (nSPS) is 14.6. The summed E-state index contributed by atoms with van der Waals surface area (Å²) in [4.78, 5) is 20.9. The van der Waals surface area contributed by atoms with Crippen LogP contribution in [-0.2, 0) is 11.3 Å². The molecule has 1 saturated heterocycles. The van der Waals surface area contributed by atoms with Crippen molar-refractivity contribution < 1.29 is 4.79 Å². The largest absolute Gasteiger partial charge is 0.373 e. The molecule has 1 N–H and O–H groups in total. The standard InChI is InChI=1S/C20H20ClN5O/c21-18-6-2-1-5-16(18)14-24-20(27)17(13-22)15-25-9-11-26(12-10-25)19-7-3-4-8-23-19/h1-8,15H,9-12,14H2,(H,24,27)/b17-15-. The van der Waals surface area contributed by atoms with Crippen molar-refractivity contribution >= 4 is 23.3 Å². The predicted molar refractivity (Wildman–Crippen MR) is 105 cm³/mol. The van der Waals surface area contributed by atoms with Crippen LogP contribution in [0.5, 0.6) is 0 Å². The number of rotatable bonds is 5. The number of carbonyl (C=O) groups is 1. The molecule has 1 aromatic carbocycles. The van der Waals surface area contributed by atoms with Crippen LogP contribution in [0.3, 0.4) is 0 Å². The van der Waals surface area contributed by atoms with Crippen molar-refractivity contribution in [2.45, 2.75) is 6.54 Å². The lowest BCUT2D eigenvalue weighted by atomic mass is 10.2. The summed E-state index contributed by atoms with van der Waals surface area (Å²) in [7, 11) is 0. The van der Waals surface area contributed by atoms with Gasteiger partial charge in [0.1, 0.15) is 17.5 Å². The number of nitrogens with zero attached hydrogens (tertiary/aromatic N) is 4. The maximum atomic E-state index is 12.3. The van der Waals surface area contributed by atoms with Crippen LogP contribution in [0.15, 0.2) is 60.4 Å².